The summed E-state index contributed by atoms with van der Waals surface area (Å²) in [6, 6.07) is 12.1. The van der Waals surface area contributed by atoms with Crippen molar-refractivity contribution in [3.8, 4) is 0 Å². The summed E-state index contributed by atoms with van der Waals surface area (Å²) in [5.74, 6) is -3.41. The van der Waals surface area contributed by atoms with E-state index >= 15 is 0 Å². The largest absolute Gasteiger partial charge is 0.481 e. The number of aromatic nitrogens is 6. The van der Waals surface area contributed by atoms with Crippen molar-refractivity contribution >= 4 is 49.0 Å². The Balaban J connectivity index is 1.14. The standard InChI is InChI=1S/C32H38B2N8O10/c1-18-36-24-9-6-21(14-25(24)41(18)13-12-28(43)37-26-10-7-22(15-29(44)45)51-33(26)49)31(42-17-35-39-40-42)19-2-4-20(5-3-19)32(48)38-27-11-8-23(16-30(46)47)52-34(27)50/h2-6,9,14,17,22-23,26-27,31,49-50H,7-8,10-13,15-16H2,1H3,(H,37,43)(H,38,48)(H,44,45)(H,46,47)/t22-,23-,26-,27-,31?/m0/s1. The normalized spacial score (nSPS) is 21.1. The molecule has 5 atom stereocenters. The molecule has 1 unspecified atom stereocenters. The van der Waals surface area contributed by atoms with Crippen LogP contribution in [0.1, 0.15) is 78.3 Å². The van der Waals surface area contributed by atoms with Crippen molar-refractivity contribution in [2.75, 3.05) is 0 Å². The number of hydrogen-bond donors (Lipinski definition) is 6. The van der Waals surface area contributed by atoms with Gasteiger partial charge in [-0.15, -0.1) is 5.10 Å². The monoisotopic (exact) mass is 716 g/mol. The Morgan fingerprint density at radius 3 is 2.08 bits per heavy atom. The Morgan fingerprint density at radius 2 is 1.50 bits per heavy atom. The van der Waals surface area contributed by atoms with Crippen LogP contribution in [-0.2, 0) is 30.2 Å². The molecule has 4 aromatic rings. The van der Waals surface area contributed by atoms with Crippen molar-refractivity contribution in [1.29, 1.82) is 0 Å². The van der Waals surface area contributed by atoms with Crippen LogP contribution in [0.3, 0.4) is 0 Å². The van der Waals surface area contributed by atoms with Gasteiger partial charge in [0.05, 0.1) is 48.0 Å². The first-order valence-electron chi connectivity index (χ1n) is 16.9. The molecule has 0 saturated carbocycles. The number of amides is 2. The van der Waals surface area contributed by atoms with Crippen LogP contribution in [0.5, 0.6) is 0 Å². The fourth-order valence-corrected chi connectivity index (χ4v) is 6.77. The van der Waals surface area contributed by atoms with Gasteiger partial charge in [0, 0.05) is 18.5 Å². The maximum atomic E-state index is 13.1. The predicted molar refractivity (Wildman–Crippen MR) is 182 cm³/mol. The molecule has 0 bridgehead atoms. The number of rotatable bonds is 13. The van der Waals surface area contributed by atoms with E-state index in [4.69, 9.17) is 19.5 Å². The van der Waals surface area contributed by atoms with Crippen LogP contribution in [0.4, 0.5) is 0 Å². The van der Waals surface area contributed by atoms with E-state index in [1.165, 1.54) is 6.33 Å². The molecule has 2 fully saturated rings. The van der Waals surface area contributed by atoms with Crippen molar-refractivity contribution in [1.82, 2.24) is 40.4 Å². The van der Waals surface area contributed by atoms with Crippen molar-refractivity contribution in [3.05, 3.63) is 71.3 Å². The first-order valence-corrected chi connectivity index (χ1v) is 16.9. The maximum Gasteiger partial charge on any atom is 0.478 e. The zero-order valence-electron chi connectivity index (χ0n) is 28.2. The number of aliphatic carboxylic acids is 2. The summed E-state index contributed by atoms with van der Waals surface area (Å²) in [4.78, 5) is 52.7. The highest BCUT2D eigenvalue weighted by molar-refractivity contribution is 6.46. The summed E-state index contributed by atoms with van der Waals surface area (Å²) >= 11 is 0. The average Bonchev–Trinajstić information content (AvgIpc) is 3.73. The van der Waals surface area contributed by atoms with Crippen molar-refractivity contribution in [2.24, 2.45) is 0 Å². The molecule has 20 heteroatoms. The van der Waals surface area contributed by atoms with Crippen LogP contribution in [0.25, 0.3) is 11.0 Å². The lowest BCUT2D eigenvalue weighted by molar-refractivity contribution is -0.140. The van der Waals surface area contributed by atoms with Crippen LogP contribution in [-0.4, -0.2) is 112 Å². The van der Waals surface area contributed by atoms with Crippen molar-refractivity contribution in [2.45, 2.75) is 88.5 Å². The number of tetrazole rings is 1. The first kappa shape index (κ1) is 36.6. The summed E-state index contributed by atoms with van der Waals surface area (Å²) in [5.41, 5.74) is 3.40. The van der Waals surface area contributed by atoms with Crippen LogP contribution >= 0.6 is 0 Å². The summed E-state index contributed by atoms with van der Waals surface area (Å²) in [6.45, 7) is 2.14. The highest BCUT2D eigenvalue weighted by atomic mass is 16.5. The third-order valence-corrected chi connectivity index (χ3v) is 9.38. The highest BCUT2D eigenvalue weighted by Gasteiger charge is 2.38. The fraction of sp³-hybridized carbons (Fsp3) is 0.438. The average molecular weight is 716 g/mol. The van der Waals surface area contributed by atoms with E-state index < -0.39 is 62.2 Å². The number of nitrogens with one attached hydrogen (secondary N) is 2. The summed E-state index contributed by atoms with van der Waals surface area (Å²) in [5, 5.41) is 56.0. The zero-order chi connectivity index (χ0) is 36.9. The number of imidazole rings is 1. The van der Waals surface area contributed by atoms with E-state index in [1.54, 1.807) is 28.9 Å². The minimum Gasteiger partial charge on any atom is -0.481 e. The summed E-state index contributed by atoms with van der Waals surface area (Å²) in [7, 11) is -2.63. The van der Waals surface area contributed by atoms with Gasteiger partial charge < -0.3 is 44.8 Å². The van der Waals surface area contributed by atoms with Gasteiger partial charge in [-0.3, -0.25) is 19.2 Å². The molecule has 2 amide bonds. The van der Waals surface area contributed by atoms with E-state index in [-0.39, 0.29) is 25.2 Å². The lowest BCUT2D eigenvalue weighted by Crippen LogP contribution is -2.53. The van der Waals surface area contributed by atoms with E-state index in [2.05, 4.69) is 31.1 Å². The summed E-state index contributed by atoms with van der Waals surface area (Å²) in [6.07, 6.45) is 1.44. The molecule has 2 aromatic heterocycles. The third-order valence-electron chi connectivity index (χ3n) is 9.38. The molecular weight excluding hydrogens is 678 g/mol. The molecule has 0 aliphatic carbocycles. The zero-order valence-corrected chi connectivity index (χ0v) is 28.2. The smallest absolute Gasteiger partial charge is 0.478 e. The molecule has 6 N–H and O–H groups in total. The Hall–Kier alpha value is -5.17. The van der Waals surface area contributed by atoms with Crippen molar-refractivity contribution < 1.29 is 48.7 Å². The lowest BCUT2D eigenvalue weighted by atomic mass is 9.72. The third kappa shape index (κ3) is 8.64. The van der Waals surface area contributed by atoms with Crippen LogP contribution < -0.4 is 10.6 Å². The Bertz CT molecular complexity index is 1910. The quantitative estimate of drug-likeness (QED) is 0.102. The number of carboxylic acid groups (broad SMARTS) is 2. The van der Waals surface area contributed by atoms with E-state index in [0.717, 1.165) is 16.6 Å². The van der Waals surface area contributed by atoms with Gasteiger partial charge in [-0.2, -0.15) is 0 Å². The number of carbonyl (C=O) groups is 4. The van der Waals surface area contributed by atoms with E-state index in [1.807, 2.05) is 29.7 Å². The highest BCUT2D eigenvalue weighted by Crippen LogP contribution is 2.30. The first-order chi connectivity index (χ1) is 24.9. The predicted octanol–water partition coefficient (Wildman–Crippen LogP) is 0.289. The topological polar surface area (TPSA) is 253 Å². The Morgan fingerprint density at radius 1 is 0.885 bits per heavy atom. The fourth-order valence-electron chi connectivity index (χ4n) is 6.77. The molecular formula is C32H38B2N8O10. The molecule has 52 heavy (non-hydrogen) atoms. The molecule has 4 heterocycles. The number of hydrogen-bond acceptors (Lipinski definition) is 12. The van der Waals surface area contributed by atoms with Gasteiger partial charge in [-0.1, -0.05) is 18.2 Å². The second-order valence-corrected chi connectivity index (χ2v) is 13.0. The molecule has 0 spiro atoms. The Labute approximate surface area is 297 Å². The number of nitrogens with zero attached hydrogens (tertiary/aromatic N) is 6. The number of fused-ring (bicyclic) bond motifs is 1. The van der Waals surface area contributed by atoms with Gasteiger partial charge in [-0.05, 0) is 78.4 Å². The molecule has 6 rings (SSSR count). The van der Waals surface area contributed by atoms with Crippen LogP contribution in [0.2, 0.25) is 0 Å². The second-order valence-electron chi connectivity index (χ2n) is 13.0. The van der Waals surface area contributed by atoms with Crippen molar-refractivity contribution in [3.63, 3.8) is 0 Å². The number of benzene rings is 2. The molecule has 2 aliphatic heterocycles. The van der Waals surface area contributed by atoms with E-state index in [0.29, 0.717) is 49.1 Å². The van der Waals surface area contributed by atoms with Gasteiger partial charge in [0.2, 0.25) is 5.91 Å². The van der Waals surface area contributed by atoms with Gasteiger partial charge >= 0.3 is 26.2 Å². The molecule has 18 nitrogen and oxygen atoms in total. The molecule has 2 aliphatic rings. The maximum absolute atomic E-state index is 13.1. The van der Waals surface area contributed by atoms with Gasteiger partial charge in [0.25, 0.3) is 5.91 Å². The van der Waals surface area contributed by atoms with E-state index in [9.17, 15) is 29.2 Å². The molecule has 2 aromatic carbocycles. The Kier molecular flexibility index (Phi) is 11.3. The number of carboxylic acids is 2. The minimum atomic E-state index is -1.33. The lowest BCUT2D eigenvalue weighted by Gasteiger charge is -2.30. The van der Waals surface area contributed by atoms with Crippen LogP contribution in [0, 0.1) is 6.92 Å². The summed E-state index contributed by atoms with van der Waals surface area (Å²) < 4.78 is 14.3. The van der Waals surface area contributed by atoms with Gasteiger partial charge in [0.15, 0.2) is 0 Å². The van der Waals surface area contributed by atoms with Gasteiger partial charge in [-0.25, -0.2) is 9.67 Å². The molecule has 0 radical (unpaired) electrons. The van der Waals surface area contributed by atoms with Crippen LogP contribution in [0.15, 0.2) is 48.8 Å². The minimum absolute atomic E-state index is 0.0885. The SMILES string of the molecule is Cc1nc2ccc(C(c3ccc(C(=O)N[C@H]4CC[C@@H](CC(=O)O)OB4O)cc3)n3cnnn3)cc2n1CCC(=O)N[C@H]1CC[C@@H](CC(=O)O)OB1O. The molecule has 2 saturated heterocycles. The van der Waals surface area contributed by atoms with Gasteiger partial charge in [0.1, 0.15) is 18.2 Å². The number of aryl methyl sites for hydroxylation is 2. The molecule has 272 valence electrons. The second kappa shape index (κ2) is 16.0. The number of carbonyl (C=O) groups excluding carboxylic acids is 2.